The molecule has 0 N–H and O–H groups in total. The second kappa shape index (κ2) is 5.98. The zero-order valence-electron chi connectivity index (χ0n) is 8.48. The molecule has 1 fully saturated rings. The zero-order chi connectivity index (χ0) is 11.4. The Kier molecular flexibility index (Phi) is 5.25. The van der Waals surface area contributed by atoms with Gasteiger partial charge in [-0.3, -0.25) is 9.69 Å². The number of thioether (sulfide) groups is 3. The van der Waals surface area contributed by atoms with Crippen LogP contribution >= 0.6 is 47.5 Å². The first-order valence-corrected chi connectivity index (χ1v) is 7.80. The van der Waals surface area contributed by atoms with E-state index in [0.29, 0.717) is 10.9 Å². The molecular formula is C9H11NOS4. The van der Waals surface area contributed by atoms with Gasteiger partial charge in [-0.2, -0.15) is 0 Å². The minimum atomic E-state index is 0.00333. The van der Waals surface area contributed by atoms with E-state index in [1.54, 1.807) is 34.5 Å². The summed E-state index contributed by atoms with van der Waals surface area (Å²) in [5.74, 6) is 0.00333. The molecule has 0 atom stereocenters. The Morgan fingerprint density at radius 2 is 2.20 bits per heavy atom. The lowest BCUT2D eigenvalue weighted by molar-refractivity contribution is -0.121. The van der Waals surface area contributed by atoms with Gasteiger partial charge in [0.15, 0.2) is 0 Å². The third kappa shape index (κ3) is 2.81. The maximum absolute atomic E-state index is 12.0. The van der Waals surface area contributed by atoms with Gasteiger partial charge in [0, 0.05) is 6.54 Å². The molecule has 0 bridgehead atoms. The van der Waals surface area contributed by atoms with Crippen LogP contribution in [0.5, 0.6) is 0 Å². The van der Waals surface area contributed by atoms with Crippen LogP contribution in [-0.2, 0) is 4.79 Å². The van der Waals surface area contributed by atoms with Crippen molar-refractivity contribution in [2.75, 3.05) is 19.1 Å². The standard InChI is InChI=1S/C9H11NOS4/c1-4-5-10-7(11)6(15-9(10)12)8(13-2)14-3/h4H,1,5H2,2-3H3. The molecule has 82 valence electrons. The molecule has 1 rings (SSSR count). The van der Waals surface area contributed by atoms with Crippen molar-refractivity contribution < 1.29 is 4.79 Å². The van der Waals surface area contributed by atoms with E-state index in [1.807, 2.05) is 12.5 Å². The van der Waals surface area contributed by atoms with Crippen LogP contribution in [0.1, 0.15) is 0 Å². The number of hydrogen-bond donors (Lipinski definition) is 0. The van der Waals surface area contributed by atoms with Crippen LogP contribution in [-0.4, -0.2) is 34.2 Å². The van der Waals surface area contributed by atoms with Gasteiger partial charge in [0.1, 0.15) is 4.32 Å². The van der Waals surface area contributed by atoms with E-state index in [0.717, 1.165) is 9.14 Å². The van der Waals surface area contributed by atoms with Crippen LogP contribution in [0.25, 0.3) is 0 Å². The number of nitrogens with zero attached hydrogens (tertiary/aromatic N) is 1. The summed E-state index contributed by atoms with van der Waals surface area (Å²) >= 11 is 9.68. The van der Waals surface area contributed by atoms with E-state index in [2.05, 4.69) is 6.58 Å². The van der Waals surface area contributed by atoms with Crippen molar-refractivity contribution in [2.24, 2.45) is 0 Å². The third-order valence-corrected chi connectivity index (χ3v) is 5.57. The Morgan fingerprint density at radius 1 is 1.60 bits per heavy atom. The summed E-state index contributed by atoms with van der Waals surface area (Å²) < 4.78 is 1.65. The van der Waals surface area contributed by atoms with Crippen LogP contribution in [0.3, 0.4) is 0 Å². The first kappa shape index (κ1) is 13.2. The number of amides is 1. The zero-order valence-corrected chi connectivity index (χ0v) is 11.7. The quantitative estimate of drug-likeness (QED) is 0.446. The fraction of sp³-hybridized carbons (Fsp3) is 0.333. The van der Waals surface area contributed by atoms with Crippen molar-refractivity contribution in [1.82, 2.24) is 4.90 Å². The first-order chi connectivity index (χ1) is 7.15. The average Bonchev–Trinajstić information content (AvgIpc) is 2.49. The summed E-state index contributed by atoms with van der Waals surface area (Å²) in [6, 6.07) is 0. The molecule has 15 heavy (non-hydrogen) atoms. The molecule has 0 aromatic carbocycles. The van der Waals surface area contributed by atoms with Crippen molar-refractivity contribution in [2.45, 2.75) is 0 Å². The van der Waals surface area contributed by atoms with Gasteiger partial charge < -0.3 is 0 Å². The van der Waals surface area contributed by atoms with Crippen molar-refractivity contribution in [3.8, 4) is 0 Å². The molecule has 0 saturated carbocycles. The maximum atomic E-state index is 12.0. The minimum Gasteiger partial charge on any atom is -0.289 e. The van der Waals surface area contributed by atoms with E-state index in [9.17, 15) is 4.79 Å². The highest BCUT2D eigenvalue weighted by Gasteiger charge is 2.33. The molecule has 2 nitrogen and oxygen atoms in total. The predicted molar refractivity (Wildman–Crippen MR) is 76.2 cm³/mol. The maximum Gasteiger partial charge on any atom is 0.268 e. The molecule has 1 saturated heterocycles. The summed E-state index contributed by atoms with van der Waals surface area (Å²) in [6.07, 6.45) is 5.61. The highest BCUT2D eigenvalue weighted by atomic mass is 32.2. The first-order valence-electron chi connectivity index (χ1n) is 4.12. The summed E-state index contributed by atoms with van der Waals surface area (Å²) in [5, 5.41) is 0. The van der Waals surface area contributed by atoms with Crippen molar-refractivity contribution in [1.29, 1.82) is 0 Å². The summed E-state index contributed by atoms with van der Waals surface area (Å²) in [6.45, 7) is 4.10. The molecule has 0 aliphatic carbocycles. The smallest absolute Gasteiger partial charge is 0.268 e. The Balaban J connectivity index is 2.99. The number of carbonyl (C=O) groups excluding carboxylic acids is 1. The van der Waals surface area contributed by atoms with Gasteiger partial charge in [-0.15, -0.1) is 30.1 Å². The van der Waals surface area contributed by atoms with Gasteiger partial charge in [-0.05, 0) is 12.5 Å². The SMILES string of the molecule is C=CCN1C(=O)C(=C(SC)SC)SC1=S. The molecule has 1 aliphatic rings. The van der Waals surface area contributed by atoms with Crippen molar-refractivity contribution >= 4 is 57.7 Å². The number of carbonyl (C=O) groups is 1. The Hall–Kier alpha value is 0.0900. The lowest BCUT2D eigenvalue weighted by atomic mass is 10.5. The second-order valence-corrected chi connectivity index (χ2v) is 6.13. The molecule has 1 heterocycles. The van der Waals surface area contributed by atoms with Gasteiger partial charge in [0.25, 0.3) is 5.91 Å². The fourth-order valence-corrected chi connectivity index (χ4v) is 4.17. The van der Waals surface area contributed by atoms with E-state index in [4.69, 9.17) is 12.2 Å². The molecule has 1 amide bonds. The van der Waals surface area contributed by atoms with Crippen molar-refractivity contribution in [3.63, 3.8) is 0 Å². The molecule has 0 unspecified atom stereocenters. The van der Waals surface area contributed by atoms with Crippen LogP contribution < -0.4 is 0 Å². The van der Waals surface area contributed by atoms with E-state index >= 15 is 0 Å². The van der Waals surface area contributed by atoms with Crippen LogP contribution in [0, 0.1) is 0 Å². The Morgan fingerprint density at radius 3 is 2.67 bits per heavy atom. The molecular weight excluding hydrogens is 266 g/mol. The Bertz CT molecular complexity index is 331. The molecule has 6 heteroatoms. The predicted octanol–water partition coefficient (Wildman–Crippen LogP) is 2.93. The van der Waals surface area contributed by atoms with Crippen LogP contribution in [0.4, 0.5) is 0 Å². The number of thiocarbonyl (C=S) groups is 1. The van der Waals surface area contributed by atoms with Gasteiger partial charge in [0.2, 0.25) is 0 Å². The van der Waals surface area contributed by atoms with Gasteiger partial charge in [-0.1, -0.05) is 30.1 Å². The third-order valence-electron chi connectivity index (χ3n) is 1.72. The highest BCUT2D eigenvalue weighted by Crippen LogP contribution is 2.40. The largest absolute Gasteiger partial charge is 0.289 e. The molecule has 0 aromatic heterocycles. The lowest BCUT2D eigenvalue weighted by Crippen LogP contribution is -2.27. The summed E-state index contributed by atoms with van der Waals surface area (Å²) in [5.41, 5.74) is 0. The number of hydrogen-bond acceptors (Lipinski definition) is 5. The molecule has 0 aromatic rings. The average molecular weight is 277 g/mol. The van der Waals surface area contributed by atoms with Gasteiger partial charge in [-0.25, -0.2) is 0 Å². The fourth-order valence-electron chi connectivity index (χ4n) is 1.08. The van der Waals surface area contributed by atoms with E-state index in [1.165, 1.54) is 11.8 Å². The summed E-state index contributed by atoms with van der Waals surface area (Å²) in [7, 11) is 0. The Labute approximate surface area is 108 Å². The minimum absolute atomic E-state index is 0.00333. The molecule has 0 radical (unpaired) electrons. The molecule has 1 aliphatic heterocycles. The van der Waals surface area contributed by atoms with Gasteiger partial charge >= 0.3 is 0 Å². The second-order valence-electron chi connectivity index (χ2n) is 2.60. The lowest BCUT2D eigenvalue weighted by Gasteiger charge is -2.10. The molecule has 0 spiro atoms. The number of rotatable bonds is 4. The van der Waals surface area contributed by atoms with E-state index < -0.39 is 0 Å². The van der Waals surface area contributed by atoms with Crippen LogP contribution in [0.15, 0.2) is 21.8 Å². The topological polar surface area (TPSA) is 20.3 Å². The summed E-state index contributed by atoms with van der Waals surface area (Å²) in [4.78, 5) is 14.3. The van der Waals surface area contributed by atoms with E-state index in [-0.39, 0.29) is 5.91 Å². The van der Waals surface area contributed by atoms with Crippen molar-refractivity contribution in [3.05, 3.63) is 21.8 Å². The monoisotopic (exact) mass is 277 g/mol. The normalized spacial score (nSPS) is 16.1. The van der Waals surface area contributed by atoms with Crippen LogP contribution in [0.2, 0.25) is 0 Å². The van der Waals surface area contributed by atoms with Gasteiger partial charge in [0.05, 0.1) is 9.14 Å². The highest BCUT2D eigenvalue weighted by molar-refractivity contribution is 8.29.